The molecule has 1 N–H and O–H groups in total. The summed E-state index contributed by atoms with van der Waals surface area (Å²) in [5.74, 6) is 0. The van der Waals surface area contributed by atoms with E-state index in [1.54, 1.807) is 35.6 Å². The van der Waals surface area contributed by atoms with E-state index in [1.165, 1.54) is 0 Å². The standard InChI is InChI=1S/C12H11F6NO/c13-11(14,15)10(12(16,17)18)19-9(7-20-10)6-8-4-2-1-3-5-8/h1-5,9,19H,6-7H2/t9-/m0/s1. The Balaban J connectivity index is 2.17. The SMILES string of the molecule is FC(F)(F)C1(C(F)(F)F)N[C@@H](Cc2ccccc2)CO1. The molecule has 0 spiro atoms. The van der Waals surface area contributed by atoms with E-state index in [0.29, 0.717) is 5.56 Å². The Bertz CT molecular complexity index is 441. The van der Waals surface area contributed by atoms with Crippen molar-refractivity contribution in [2.24, 2.45) is 0 Å². The van der Waals surface area contributed by atoms with Crippen LogP contribution in [0.25, 0.3) is 0 Å². The fourth-order valence-corrected chi connectivity index (χ4v) is 2.09. The number of halogens is 6. The van der Waals surface area contributed by atoms with Crippen LogP contribution in [0.5, 0.6) is 0 Å². The van der Waals surface area contributed by atoms with E-state index in [1.807, 2.05) is 0 Å². The van der Waals surface area contributed by atoms with Crippen LogP contribution in [0.1, 0.15) is 5.56 Å². The Kier molecular flexibility index (Phi) is 3.72. The first-order chi connectivity index (χ1) is 9.16. The third-order valence-corrected chi connectivity index (χ3v) is 3.03. The van der Waals surface area contributed by atoms with Crippen LogP contribution in [0.4, 0.5) is 26.3 Å². The lowest BCUT2D eigenvalue weighted by Crippen LogP contribution is -2.65. The molecule has 112 valence electrons. The van der Waals surface area contributed by atoms with Gasteiger partial charge in [-0.25, -0.2) is 0 Å². The van der Waals surface area contributed by atoms with Gasteiger partial charge in [-0.15, -0.1) is 0 Å². The van der Waals surface area contributed by atoms with Gasteiger partial charge in [0.05, 0.1) is 6.61 Å². The first kappa shape index (κ1) is 15.1. The summed E-state index contributed by atoms with van der Waals surface area (Å²) in [6.07, 6.45) is -11.1. The van der Waals surface area contributed by atoms with Crippen LogP contribution in [0.3, 0.4) is 0 Å². The summed E-state index contributed by atoms with van der Waals surface area (Å²) < 4.78 is 80.4. The highest BCUT2D eigenvalue weighted by Gasteiger charge is 2.75. The van der Waals surface area contributed by atoms with E-state index in [0.717, 1.165) is 0 Å². The Hall–Kier alpha value is -1.28. The average molecular weight is 299 g/mol. The van der Waals surface area contributed by atoms with Gasteiger partial charge in [0.25, 0.3) is 0 Å². The minimum atomic E-state index is -5.57. The van der Waals surface area contributed by atoms with Gasteiger partial charge in [0.1, 0.15) is 0 Å². The number of nitrogens with one attached hydrogen (secondary N) is 1. The molecule has 1 fully saturated rings. The molecule has 0 amide bonds. The van der Waals surface area contributed by atoms with Crippen molar-refractivity contribution in [1.29, 1.82) is 0 Å². The fraction of sp³-hybridized carbons (Fsp3) is 0.500. The number of alkyl halides is 6. The Morgan fingerprint density at radius 1 is 1.05 bits per heavy atom. The molecule has 8 heteroatoms. The topological polar surface area (TPSA) is 21.3 Å². The molecule has 1 aliphatic rings. The van der Waals surface area contributed by atoms with Crippen molar-refractivity contribution in [3.63, 3.8) is 0 Å². The third-order valence-electron chi connectivity index (χ3n) is 3.03. The van der Waals surface area contributed by atoms with E-state index in [4.69, 9.17) is 0 Å². The van der Waals surface area contributed by atoms with Crippen LogP contribution >= 0.6 is 0 Å². The van der Waals surface area contributed by atoms with Crippen LogP contribution in [0.2, 0.25) is 0 Å². The summed E-state index contributed by atoms with van der Waals surface area (Å²) in [4.78, 5) is 0. The average Bonchev–Trinajstić information content (AvgIpc) is 2.74. The first-order valence-electron chi connectivity index (χ1n) is 5.75. The molecule has 20 heavy (non-hydrogen) atoms. The van der Waals surface area contributed by atoms with Gasteiger partial charge in [0.15, 0.2) is 0 Å². The van der Waals surface area contributed by atoms with Gasteiger partial charge in [-0.1, -0.05) is 30.3 Å². The highest BCUT2D eigenvalue weighted by Crippen LogP contribution is 2.46. The van der Waals surface area contributed by atoms with Gasteiger partial charge >= 0.3 is 18.1 Å². The van der Waals surface area contributed by atoms with Gasteiger partial charge in [0, 0.05) is 6.04 Å². The molecule has 1 aliphatic heterocycles. The number of ether oxygens (including phenoxy) is 1. The highest BCUT2D eigenvalue weighted by molar-refractivity contribution is 5.17. The lowest BCUT2D eigenvalue weighted by molar-refractivity contribution is -0.376. The van der Waals surface area contributed by atoms with Crippen molar-refractivity contribution in [2.75, 3.05) is 6.61 Å². The van der Waals surface area contributed by atoms with E-state index in [2.05, 4.69) is 4.74 Å². The van der Waals surface area contributed by atoms with Crippen molar-refractivity contribution < 1.29 is 31.1 Å². The normalized spacial score (nSPS) is 23.0. The lowest BCUT2D eigenvalue weighted by Gasteiger charge is -2.32. The molecular weight excluding hydrogens is 288 g/mol. The van der Waals surface area contributed by atoms with Crippen molar-refractivity contribution in [2.45, 2.75) is 30.5 Å². The Morgan fingerprint density at radius 3 is 2.05 bits per heavy atom. The van der Waals surface area contributed by atoms with Crippen LogP contribution in [0, 0.1) is 0 Å². The van der Waals surface area contributed by atoms with E-state index in [-0.39, 0.29) is 6.42 Å². The smallest absolute Gasteiger partial charge is 0.343 e. The van der Waals surface area contributed by atoms with E-state index < -0.39 is 30.7 Å². The summed E-state index contributed by atoms with van der Waals surface area (Å²) in [5, 5.41) is 1.56. The maximum Gasteiger partial charge on any atom is 0.440 e. The van der Waals surface area contributed by atoms with Gasteiger partial charge in [-0.2, -0.15) is 26.3 Å². The fourth-order valence-electron chi connectivity index (χ4n) is 2.09. The summed E-state index contributed by atoms with van der Waals surface area (Å²) in [6.45, 7) is -0.659. The van der Waals surface area contributed by atoms with Crippen LogP contribution in [-0.4, -0.2) is 30.7 Å². The molecule has 0 saturated carbocycles. The molecule has 0 aromatic heterocycles. The molecule has 1 saturated heterocycles. The minimum Gasteiger partial charge on any atom is -0.343 e. The molecule has 1 aromatic carbocycles. The summed E-state index contributed by atoms with van der Waals surface area (Å²) in [5.41, 5.74) is -3.65. The number of hydrogen-bond acceptors (Lipinski definition) is 2. The van der Waals surface area contributed by atoms with Crippen LogP contribution < -0.4 is 5.32 Å². The van der Waals surface area contributed by atoms with Gasteiger partial charge in [-0.05, 0) is 12.0 Å². The van der Waals surface area contributed by atoms with Gasteiger partial charge < -0.3 is 4.74 Å². The van der Waals surface area contributed by atoms with E-state index >= 15 is 0 Å². The Morgan fingerprint density at radius 2 is 1.60 bits per heavy atom. The summed E-state index contributed by atoms with van der Waals surface area (Å²) >= 11 is 0. The molecule has 0 unspecified atom stereocenters. The zero-order chi connectivity index (χ0) is 15.0. The summed E-state index contributed by atoms with van der Waals surface area (Å²) in [7, 11) is 0. The molecule has 1 aromatic rings. The zero-order valence-electron chi connectivity index (χ0n) is 10.1. The second kappa shape index (κ2) is 4.92. The molecule has 2 nitrogen and oxygen atoms in total. The maximum absolute atomic E-state index is 12.7. The number of rotatable bonds is 2. The molecular formula is C12H11F6NO. The Labute approximate surface area is 110 Å². The largest absolute Gasteiger partial charge is 0.440 e. The second-order valence-corrected chi connectivity index (χ2v) is 4.52. The second-order valence-electron chi connectivity index (χ2n) is 4.52. The molecule has 1 atom stereocenters. The van der Waals surface area contributed by atoms with Crippen molar-refractivity contribution in [3.05, 3.63) is 35.9 Å². The van der Waals surface area contributed by atoms with Crippen LogP contribution in [-0.2, 0) is 11.2 Å². The monoisotopic (exact) mass is 299 g/mol. The maximum atomic E-state index is 12.7. The zero-order valence-corrected chi connectivity index (χ0v) is 10.1. The predicted molar refractivity (Wildman–Crippen MR) is 57.9 cm³/mol. The van der Waals surface area contributed by atoms with Crippen molar-refractivity contribution in [3.8, 4) is 0 Å². The highest BCUT2D eigenvalue weighted by atomic mass is 19.4. The van der Waals surface area contributed by atoms with E-state index in [9.17, 15) is 26.3 Å². The molecule has 2 rings (SSSR count). The first-order valence-corrected chi connectivity index (χ1v) is 5.75. The van der Waals surface area contributed by atoms with Gasteiger partial charge in [-0.3, -0.25) is 5.32 Å². The molecule has 0 radical (unpaired) electrons. The number of benzene rings is 1. The molecule has 0 bridgehead atoms. The van der Waals surface area contributed by atoms with Crippen molar-refractivity contribution >= 4 is 0 Å². The van der Waals surface area contributed by atoms with Crippen molar-refractivity contribution in [1.82, 2.24) is 5.32 Å². The quantitative estimate of drug-likeness (QED) is 0.848. The molecule has 0 aliphatic carbocycles. The minimum absolute atomic E-state index is 0.0226. The predicted octanol–water partition coefficient (Wildman–Crippen LogP) is 3.04. The molecule has 1 heterocycles. The van der Waals surface area contributed by atoms with Gasteiger partial charge in [0.2, 0.25) is 0 Å². The summed E-state index contributed by atoms with van der Waals surface area (Å²) in [6, 6.07) is 7.22. The number of hydrogen-bond donors (Lipinski definition) is 1. The van der Waals surface area contributed by atoms with Crippen LogP contribution in [0.15, 0.2) is 30.3 Å². The lowest BCUT2D eigenvalue weighted by atomic mass is 10.1. The third kappa shape index (κ3) is 2.62.